The Morgan fingerprint density at radius 2 is 2.24 bits per heavy atom. The van der Waals surface area contributed by atoms with Gasteiger partial charge in [0.25, 0.3) is 0 Å². The summed E-state index contributed by atoms with van der Waals surface area (Å²) in [5.74, 6) is 0.731. The fraction of sp³-hybridized carbons (Fsp3) is 0.562. The van der Waals surface area contributed by atoms with E-state index in [0.29, 0.717) is 23.0 Å². The summed E-state index contributed by atoms with van der Waals surface area (Å²) >= 11 is 6.04. The SMILES string of the molecule is CNCC1CCCN(CCC(=O)Nc2ccccc2Cl)C1. The van der Waals surface area contributed by atoms with Crippen LogP contribution in [0.4, 0.5) is 5.69 Å². The van der Waals surface area contributed by atoms with E-state index in [4.69, 9.17) is 11.6 Å². The Morgan fingerprint density at radius 3 is 3.00 bits per heavy atom. The molecule has 1 saturated heterocycles. The molecule has 1 amide bonds. The van der Waals surface area contributed by atoms with Gasteiger partial charge in [-0.05, 0) is 51.0 Å². The number of para-hydroxylation sites is 1. The minimum Gasteiger partial charge on any atom is -0.325 e. The van der Waals surface area contributed by atoms with Crippen LogP contribution in [0.5, 0.6) is 0 Å². The van der Waals surface area contributed by atoms with Crippen LogP contribution in [0.25, 0.3) is 0 Å². The van der Waals surface area contributed by atoms with Crippen LogP contribution >= 0.6 is 11.6 Å². The predicted molar refractivity (Wildman–Crippen MR) is 87.8 cm³/mol. The highest BCUT2D eigenvalue weighted by atomic mass is 35.5. The number of carbonyl (C=O) groups excluding carboxylic acids is 1. The summed E-state index contributed by atoms with van der Waals surface area (Å²) in [6.07, 6.45) is 3.01. The average molecular weight is 310 g/mol. The Balaban J connectivity index is 1.75. The number of benzene rings is 1. The van der Waals surface area contributed by atoms with E-state index < -0.39 is 0 Å². The Morgan fingerprint density at radius 1 is 1.43 bits per heavy atom. The number of anilines is 1. The first-order valence-electron chi connectivity index (χ1n) is 7.60. The third-order valence-electron chi connectivity index (χ3n) is 3.90. The first-order chi connectivity index (χ1) is 10.2. The lowest BCUT2D eigenvalue weighted by atomic mass is 9.98. The molecule has 0 aliphatic carbocycles. The number of nitrogens with zero attached hydrogens (tertiary/aromatic N) is 1. The van der Waals surface area contributed by atoms with Crippen molar-refractivity contribution in [3.05, 3.63) is 29.3 Å². The third-order valence-corrected chi connectivity index (χ3v) is 4.23. The Kier molecular flexibility index (Phi) is 6.49. The fourth-order valence-corrected chi connectivity index (χ4v) is 3.03. The largest absolute Gasteiger partial charge is 0.325 e. The second-order valence-electron chi connectivity index (χ2n) is 5.64. The van der Waals surface area contributed by atoms with Crippen molar-refractivity contribution in [1.29, 1.82) is 0 Å². The predicted octanol–water partition coefficient (Wildman–Crippen LogP) is 2.60. The minimum absolute atomic E-state index is 0.0267. The van der Waals surface area contributed by atoms with E-state index in [2.05, 4.69) is 15.5 Å². The van der Waals surface area contributed by atoms with Gasteiger partial charge in [-0.15, -0.1) is 0 Å². The van der Waals surface area contributed by atoms with Crippen LogP contribution in [0.3, 0.4) is 0 Å². The summed E-state index contributed by atoms with van der Waals surface area (Å²) in [7, 11) is 2.00. The second-order valence-corrected chi connectivity index (χ2v) is 6.05. The van der Waals surface area contributed by atoms with Crippen LogP contribution in [-0.2, 0) is 4.79 Å². The Bertz CT molecular complexity index is 465. The molecular formula is C16H24ClN3O. The van der Waals surface area contributed by atoms with Gasteiger partial charge in [0, 0.05) is 19.5 Å². The summed E-state index contributed by atoms with van der Waals surface area (Å²) in [6.45, 7) is 4.05. The summed E-state index contributed by atoms with van der Waals surface area (Å²) < 4.78 is 0. The zero-order valence-corrected chi connectivity index (χ0v) is 13.3. The van der Waals surface area contributed by atoms with E-state index >= 15 is 0 Å². The van der Waals surface area contributed by atoms with Gasteiger partial charge in [-0.1, -0.05) is 23.7 Å². The number of likely N-dealkylation sites (tertiary alicyclic amines) is 1. The molecule has 1 heterocycles. The number of amides is 1. The number of hydrogen-bond acceptors (Lipinski definition) is 3. The van der Waals surface area contributed by atoms with Crippen LogP contribution in [0.15, 0.2) is 24.3 Å². The molecule has 0 saturated carbocycles. The van der Waals surface area contributed by atoms with Gasteiger partial charge < -0.3 is 15.5 Å². The van der Waals surface area contributed by atoms with Gasteiger partial charge in [0.1, 0.15) is 0 Å². The first-order valence-corrected chi connectivity index (χ1v) is 7.98. The van der Waals surface area contributed by atoms with Gasteiger partial charge in [0.05, 0.1) is 10.7 Å². The smallest absolute Gasteiger partial charge is 0.225 e. The monoisotopic (exact) mass is 309 g/mol. The molecule has 1 aromatic carbocycles. The Hall–Kier alpha value is -1.10. The molecule has 2 rings (SSSR count). The van der Waals surface area contributed by atoms with E-state index in [-0.39, 0.29) is 5.91 Å². The highest BCUT2D eigenvalue weighted by Crippen LogP contribution is 2.21. The molecule has 1 fully saturated rings. The van der Waals surface area contributed by atoms with E-state index in [9.17, 15) is 4.79 Å². The van der Waals surface area contributed by atoms with Crippen molar-refractivity contribution in [1.82, 2.24) is 10.2 Å². The second kappa shape index (κ2) is 8.37. The summed E-state index contributed by atoms with van der Waals surface area (Å²) in [5.41, 5.74) is 0.691. The summed E-state index contributed by atoms with van der Waals surface area (Å²) in [5, 5.41) is 6.70. The van der Waals surface area contributed by atoms with Crippen LogP contribution in [0.1, 0.15) is 19.3 Å². The lowest BCUT2D eigenvalue weighted by Crippen LogP contribution is -2.40. The lowest BCUT2D eigenvalue weighted by molar-refractivity contribution is -0.116. The molecule has 5 heteroatoms. The number of carbonyl (C=O) groups is 1. The van der Waals surface area contributed by atoms with Crippen LogP contribution < -0.4 is 10.6 Å². The van der Waals surface area contributed by atoms with Crippen LogP contribution in [0, 0.1) is 5.92 Å². The molecule has 4 nitrogen and oxygen atoms in total. The molecule has 0 radical (unpaired) electrons. The van der Waals surface area contributed by atoms with E-state index in [0.717, 1.165) is 26.2 Å². The molecule has 116 valence electrons. The topological polar surface area (TPSA) is 44.4 Å². The van der Waals surface area contributed by atoms with Crippen molar-refractivity contribution in [2.75, 3.05) is 38.5 Å². The number of hydrogen-bond donors (Lipinski definition) is 2. The molecule has 1 aliphatic rings. The molecular weight excluding hydrogens is 286 g/mol. The zero-order valence-electron chi connectivity index (χ0n) is 12.6. The normalized spacial score (nSPS) is 19.4. The maximum Gasteiger partial charge on any atom is 0.225 e. The van der Waals surface area contributed by atoms with Gasteiger partial charge in [-0.2, -0.15) is 0 Å². The molecule has 0 bridgehead atoms. The zero-order chi connectivity index (χ0) is 15.1. The highest BCUT2D eigenvalue weighted by molar-refractivity contribution is 6.33. The number of piperidine rings is 1. The van der Waals surface area contributed by atoms with E-state index in [1.165, 1.54) is 12.8 Å². The quantitative estimate of drug-likeness (QED) is 0.849. The van der Waals surface area contributed by atoms with Crippen molar-refractivity contribution in [2.24, 2.45) is 5.92 Å². The summed E-state index contributed by atoms with van der Waals surface area (Å²) in [4.78, 5) is 14.4. The standard InChI is InChI=1S/C16H24ClN3O/c1-18-11-13-5-4-9-20(12-13)10-8-16(21)19-15-7-3-2-6-14(15)17/h2-3,6-7,13,18H,4-5,8-12H2,1H3,(H,19,21). The van der Waals surface area contributed by atoms with E-state index in [1.54, 1.807) is 6.07 Å². The molecule has 0 aromatic heterocycles. The van der Waals surface area contributed by atoms with Crippen LogP contribution in [-0.4, -0.2) is 44.0 Å². The van der Waals surface area contributed by atoms with Crippen molar-refractivity contribution < 1.29 is 4.79 Å². The molecule has 2 N–H and O–H groups in total. The van der Waals surface area contributed by atoms with Gasteiger partial charge in [-0.25, -0.2) is 0 Å². The van der Waals surface area contributed by atoms with Crippen molar-refractivity contribution in [2.45, 2.75) is 19.3 Å². The van der Waals surface area contributed by atoms with Gasteiger partial charge in [-0.3, -0.25) is 4.79 Å². The number of halogens is 1. The third kappa shape index (κ3) is 5.30. The van der Waals surface area contributed by atoms with Gasteiger partial charge in [0.2, 0.25) is 5.91 Å². The fourth-order valence-electron chi connectivity index (χ4n) is 2.84. The van der Waals surface area contributed by atoms with Gasteiger partial charge >= 0.3 is 0 Å². The first kappa shape index (κ1) is 16.3. The molecule has 1 unspecified atom stereocenters. The molecule has 1 aliphatic heterocycles. The molecule has 1 atom stereocenters. The van der Waals surface area contributed by atoms with Crippen molar-refractivity contribution >= 4 is 23.2 Å². The summed E-state index contributed by atoms with van der Waals surface area (Å²) in [6, 6.07) is 7.33. The van der Waals surface area contributed by atoms with Gasteiger partial charge in [0.15, 0.2) is 0 Å². The maximum absolute atomic E-state index is 12.0. The molecule has 0 spiro atoms. The Labute approximate surface area is 131 Å². The average Bonchev–Trinajstić information content (AvgIpc) is 2.48. The van der Waals surface area contributed by atoms with Crippen molar-refractivity contribution in [3.63, 3.8) is 0 Å². The van der Waals surface area contributed by atoms with E-state index in [1.807, 2.05) is 25.2 Å². The van der Waals surface area contributed by atoms with Crippen molar-refractivity contribution in [3.8, 4) is 0 Å². The lowest BCUT2D eigenvalue weighted by Gasteiger charge is -2.32. The number of nitrogens with one attached hydrogen (secondary N) is 2. The minimum atomic E-state index is 0.0267. The highest BCUT2D eigenvalue weighted by Gasteiger charge is 2.19. The molecule has 21 heavy (non-hydrogen) atoms. The number of rotatable bonds is 6. The molecule has 1 aromatic rings. The maximum atomic E-state index is 12.0. The van der Waals surface area contributed by atoms with Crippen LogP contribution in [0.2, 0.25) is 5.02 Å².